The molecule has 0 aliphatic carbocycles. The van der Waals surface area contributed by atoms with Crippen molar-refractivity contribution in [3.8, 4) is 0 Å². The van der Waals surface area contributed by atoms with Gasteiger partial charge in [-0.3, -0.25) is 9.78 Å². The number of amides is 1. The first-order valence-electron chi connectivity index (χ1n) is 4.30. The number of nitrogens with zero attached hydrogens (tertiary/aromatic N) is 2. The Balaban J connectivity index is 2.65. The van der Waals surface area contributed by atoms with Crippen molar-refractivity contribution in [2.45, 2.75) is 6.42 Å². The summed E-state index contributed by atoms with van der Waals surface area (Å²) in [6, 6.07) is 1.80. The Morgan fingerprint density at radius 3 is 2.93 bits per heavy atom. The van der Waals surface area contributed by atoms with E-state index in [1.54, 1.807) is 18.5 Å². The third-order valence-electron chi connectivity index (χ3n) is 1.93. The maximum atomic E-state index is 10.6. The SMILES string of the molecule is CN(CCC(N)=O)c1ccncc1N. The fourth-order valence-electron chi connectivity index (χ4n) is 1.15. The number of pyridine rings is 1. The Hall–Kier alpha value is -1.78. The highest BCUT2D eigenvalue weighted by Gasteiger charge is 2.05. The van der Waals surface area contributed by atoms with Crippen LogP contribution in [0.25, 0.3) is 0 Å². The van der Waals surface area contributed by atoms with E-state index in [1.165, 1.54) is 0 Å². The molecule has 0 fully saturated rings. The number of nitrogens with two attached hydrogens (primary N) is 2. The van der Waals surface area contributed by atoms with E-state index in [-0.39, 0.29) is 5.91 Å². The second kappa shape index (κ2) is 4.45. The zero-order chi connectivity index (χ0) is 10.6. The zero-order valence-electron chi connectivity index (χ0n) is 8.10. The standard InChI is InChI=1S/C9H14N4O/c1-13(5-3-9(11)14)8-2-4-12-6-7(8)10/h2,4,6H,3,5,10H2,1H3,(H2,11,14). The molecule has 0 aliphatic rings. The van der Waals surface area contributed by atoms with Crippen LogP contribution in [-0.4, -0.2) is 24.5 Å². The summed E-state index contributed by atoms with van der Waals surface area (Å²) in [6.45, 7) is 0.559. The van der Waals surface area contributed by atoms with Gasteiger partial charge in [-0.1, -0.05) is 0 Å². The monoisotopic (exact) mass is 194 g/mol. The normalized spacial score (nSPS) is 9.79. The van der Waals surface area contributed by atoms with Crippen LogP contribution in [0.4, 0.5) is 11.4 Å². The van der Waals surface area contributed by atoms with Crippen molar-refractivity contribution in [2.75, 3.05) is 24.2 Å². The maximum absolute atomic E-state index is 10.6. The lowest BCUT2D eigenvalue weighted by molar-refractivity contribution is -0.117. The highest BCUT2D eigenvalue weighted by Crippen LogP contribution is 2.19. The molecule has 0 aliphatic heterocycles. The van der Waals surface area contributed by atoms with Gasteiger partial charge in [-0.05, 0) is 6.07 Å². The van der Waals surface area contributed by atoms with Crippen molar-refractivity contribution >= 4 is 17.3 Å². The number of carbonyl (C=O) groups is 1. The van der Waals surface area contributed by atoms with Crippen molar-refractivity contribution in [2.24, 2.45) is 5.73 Å². The van der Waals surface area contributed by atoms with Crippen LogP contribution in [0.5, 0.6) is 0 Å². The number of primary amides is 1. The molecule has 4 N–H and O–H groups in total. The predicted molar refractivity (Wildman–Crippen MR) is 55.7 cm³/mol. The Morgan fingerprint density at radius 2 is 2.36 bits per heavy atom. The molecule has 0 radical (unpaired) electrons. The van der Waals surface area contributed by atoms with E-state index >= 15 is 0 Å². The zero-order valence-corrected chi connectivity index (χ0v) is 8.10. The van der Waals surface area contributed by atoms with Gasteiger partial charge in [-0.15, -0.1) is 0 Å². The van der Waals surface area contributed by atoms with Crippen LogP contribution in [0.1, 0.15) is 6.42 Å². The first-order chi connectivity index (χ1) is 6.61. The molecular weight excluding hydrogens is 180 g/mol. The average molecular weight is 194 g/mol. The van der Waals surface area contributed by atoms with Gasteiger partial charge in [0.25, 0.3) is 0 Å². The number of carbonyl (C=O) groups excluding carboxylic acids is 1. The van der Waals surface area contributed by atoms with Gasteiger partial charge < -0.3 is 16.4 Å². The second-order valence-electron chi connectivity index (χ2n) is 3.07. The summed E-state index contributed by atoms with van der Waals surface area (Å²) in [5, 5.41) is 0. The van der Waals surface area contributed by atoms with Crippen LogP contribution in [-0.2, 0) is 4.79 Å². The minimum absolute atomic E-state index is 0.315. The fraction of sp³-hybridized carbons (Fsp3) is 0.333. The van der Waals surface area contributed by atoms with E-state index in [4.69, 9.17) is 11.5 Å². The van der Waals surface area contributed by atoms with Gasteiger partial charge in [-0.25, -0.2) is 0 Å². The summed E-state index contributed by atoms with van der Waals surface area (Å²) in [4.78, 5) is 16.3. The number of aromatic nitrogens is 1. The number of hydrogen-bond acceptors (Lipinski definition) is 4. The van der Waals surface area contributed by atoms with Crippen LogP contribution in [0, 0.1) is 0 Å². The van der Waals surface area contributed by atoms with Gasteiger partial charge in [0.05, 0.1) is 17.6 Å². The van der Waals surface area contributed by atoms with Crippen LogP contribution in [0.3, 0.4) is 0 Å². The van der Waals surface area contributed by atoms with Crippen molar-refractivity contribution in [3.05, 3.63) is 18.5 Å². The molecule has 1 aromatic rings. The van der Waals surface area contributed by atoms with E-state index in [0.717, 1.165) is 5.69 Å². The first-order valence-corrected chi connectivity index (χ1v) is 4.30. The van der Waals surface area contributed by atoms with Crippen molar-refractivity contribution < 1.29 is 4.79 Å². The minimum Gasteiger partial charge on any atom is -0.396 e. The molecule has 1 rings (SSSR count). The summed E-state index contributed by atoms with van der Waals surface area (Å²) < 4.78 is 0. The van der Waals surface area contributed by atoms with Gasteiger partial charge in [0.2, 0.25) is 5.91 Å². The van der Waals surface area contributed by atoms with Crippen LogP contribution in [0.2, 0.25) is 0 Å². The van der Waals surface area contributed by atoms with Gasteiger partial charge in [0.1, 0.15) is 0 Å². The summed E-state index contributed by atoms with van der Waals surface area (Å²) in [5.74, 6) is -0.315. The highest BCUT2D eigenvalue weighted by molar-refractivity contribution is 5.75. The summed E-state index contributed by atoms with van der Waals surface area (Å²) in [5.41, 5.74) is 12.2. The van der Waals surface area contributed by atoms with E-state index in [1.807, 2.05) is 11.9 Å². The van der Waals surface area contributed by atoms with Crippen LogP contribution in [0.15, 0.2) is 18.5 Å². The van der Waals surface area contributed by atoms with Gasteiger partial charge in [-0.2, -0.15) is 0 Å². The van der Waals surface area contributed by atoms with Crippen LogP contribution < -0.4 is 16.4 Å². The Kier molecular flexibility index (Phi) is 3.28. The molecule has 0 saturated carbocycles. The molecule has 0 spiro atoms. The smallest absolute Gasteiger partial charge is 0.219 e. The van der Waals surface area contributed by atoms with Crippen molar-refractivity contribution in [1.82, 2.24) is 4.98 Å². The third kappa shape index (κ3) is 2.62. The third-order valence-corrected chi connectivity index (χ3v) is 1.93. The molecule has 0 bridgehead atoms. The first kappa shape index (κ1) is 10.3. The largest absolute Gasteiger partial charge is 0.396 e. The molecule has 5 heteroatoms. The molecule has 0 atom stereocenters. The second-order valence-corrected chi connectivity index (χ2v) is 3.07. The molecule has 0 saturated heterocycles. The lowest BCUT2D eigenvalue weighted by atomic mass is 10.3. The molecule has 76 valence electrons. The number of nitrogen functional groups attached to an aromatic ring is 1. The van der Waals surface area contributed by atoms with Crippen molar-refractivity contribution in [1.29, 1.82) is 0 Å². The molecule has 1 aromatic heterocycles. The Morgan fingerprint density at radius 1 is 1.64 bits per heavy atom. The lowest BCUT2D eigenvalue weighted by Gasteiger charge is -2.19. The number of hydrogen-bond donors (Lipinski definition) is 2. The fourth-order valence-corrected chi connectivity index (χ4v) is 1.15. The molecule has 1 amide bonds. The average Bonchev–Trinajstić information content (AvgIpc) is 2.15. The predicted octanol–water partition coefficient (Wildman–Crippen LogP) is -0.0246. The Bertz CT molecular complexity index is 326. The number of anilines is 2. The van der Waals surface area contributed by atoms with Crippen LogP contribution >= 0.6 is 0 Å². The van der Waals surface area contributed by atoms with Gasteiger partial charge in [0.15, 0.2) is 0 Å². The summed E-state index contributed by atoms with van der Waals surface area (Å²) in [7, 11) is 1.86. The van der Waals surface area contributed by atoms with Gasteiger partial charge in [0, 0.05) is 26.2 Å². The maximum Gasteiger partial charge on any atom is 0.219 e. The lowest BCUT2D eigenvalue weighted by Crippen LogP contribution is -2.24. The van der Waals surface area contributed by atoms with E-state index in [0.29, 0.717) is 18.7 Å². The summed E-state index contributed by atoms with van der Waals surface area (Å²) >= 11 is 0. The van der Waals surface area contributed by atoms with Gasteiger partial charge >= 0.3 is 0 Å². The molecular formula is C9H14N4O. The van der Waals surface area contributed by atoms with E-state index in [9.17, 15) is 4.79 Å². The quantitative estimate of drug-likeness (QED) is 0.705. The molecule has 0 unspecified atom stereocenters. The summed E-state index contributed by atoms with van der Waals surface area (Å²) in [6.07, 6.45) is 3.56. The molecule has 0 aromatic carbocycles. The minimum atomic E-state index is -0.315. The highest BCUT2D eigenvalue weighted by atomic mass is 16.1. The van der Waals surface area contributed by atoms with E-state index in [2.05, 4.69) is 4.98 Å². The number of rotatable bonds is 4. The molecule has 14 heavy (non-hydrogen) atoms. The van der Waals surface area contributed by atoms with E-state index < -0.39 is 0 Å². The Labute approximate surface area is 82.7 Å². The molecule has 5 nitrogen and oxygen atoms in total. The molecule has 1 heterocycles. The van der Waals surface area contributed by atoms with Crippen molar-refractivity contribution in [3.63, 3.8) is 0 Å². The topological polar surface area (TPSA) is 85.2 Å².